The molecule has 1 rings (SSSR count). The van der Waals surface area contributed by atoms with Crippen molar-refractivity contribution >= 4 is 18.6 Å². The van der Waals surface area contributed by atoms with Crippen molar-refractivity contribution in [2.45, 2.75) is 70.2 Å². The molecule has 1 heterocycles. The molecule has 0 aliphatic carbocycles. The van der Waals surface area contributed by atoms with Crippen LogP contribution in [0.25, 0.3) is 0 Å². The molecule has 1 aliphatic heterocycles. The lowest BCUT2D eigenvalue weighted by molar-refractivity contribution is 0.200. The zero-order valence-corrected chi connectivity index (χ0v) is 17.1. The van der Waals surface area contributed by atoms with Crippen molar-refractivity contribution in [3.8, 4) is 0 Å². The fourth-order valence-electron chi connectivity index (χ4n) is 3.22. The Morgan fingerprint density at radius 2 is 1.50 bits per heavy atom. The molecule has 0 N–H and O–H groups in total. The smallest absolute Gasteiger partial charge is 0.390 e. The van der Waals surface area contributed by atoms with Crippen LogP contribution in [0.3, 0.4) is 0 Å². The molecular formula is C15H32O5Si2. The number of hydrogen-bond acceptors (Lipinski definition) is 5. The summed E-state index contributed by atoms with van der Waals surface area (Å²) in [5, 5.41) is 0. The van der Waals surface area contributed by atoms with Crippen LogP contribution < -0.4 is 0 Å². The topological polar surface area (TPSA) is 49.5 Å². The van der Waals surface area contributed by atoms with Crippen LogP contribution in [0.4, 0.5) is 0 Å². The Bertz CT molecular complexity index is 320. The van der Waals surface area contributed by atoms with Crippen molar-refractivity contribution in [1.82, 2.24) is 0 Å². The van der Waals surface area contributed by atoms with E-state index in [2.05, 4.69) is 20.8 Å². The molecule has 4 atom stereocenters. The predicted octanol–water partition coefficient (Wildman–Crippen LogP) is 3.05. The van der Waals surface area contributed by atoms with Gasteiger partial charge < -0.3 is 22.4 Å². The number of epoxide rings is 1. The summed E-state index contributed by atoms with van der Waals surface area (Å²) in [6.45, 7) is 12.0. The van der Waals surface area contributed by atoms with Gasteiger partial charge in [-0.1, -0.05) is 13.8 Å². The number of rotatable bonds is 12. The molecule has 0 saturated carbocycles. The minimum Gasteiger partial charge on any atom is -0.396 e. The molecule has 0 spiro atoms. The highest BCUT2D eigenvalue weighted by molar-refractivity contribution is 6.48. The highest BCUT2D eigenvalue weighted by Gasteiger charge is 2.64. The van der Waals surface area contributed by atoms with E-state index in [1.165, 1.54) is 0 Å². The highest BCUT2D eigenvalue weighted by atomic mass is 28.3. The maximum absolute atomic E-state index is 6.20. The lowest BCUT2D eigenvalue weighted by Crippen LogP contribution is -2.39. The summed E-state index contributed by atoms with van der Waals surface area (Å²) in [5.74, 6) is 0. The molecule has 0 bridgehead atoms. The molecule has 0 aromatic heterocycles. The monoisotopic (exact) mass is 348 g/mol. The lowest BCUT2D eigenvalue weighted by Gasteiger charge is -2.27. The van der Waals surface area contributed by atoms with Crippen LogP contribution in [0.15, 0.2) is 0 Å². The van der Waals surface area contributed by atoms with Gasteiger partial charge in [-0.2, -0.15) is 0 Å². The van der Waals surface area contributed by atoms with Gasteiger partial charge in [-0.3, -0.25) is 0 Å². The van der Waals surface area contributed by atoms with Crippen molar-refractivity contribution < 1.29 is 22.4 Å². The molecule has 7 heteroatoms. The van der Waals surface area contributed by atoms with Gasteiger partial charge >= 0.3 is 18.6 Å². The predicted molar refractivity (Wildman–Crippen MR) is 90.1 cm³/mol. The van der Waals surface area contributed by atoms with E-state index in [0.717, 1.165) is 12.8 Å². The Kier molecular flexibility index (Phi) is 8.77. The highest BCUT2D eigenvalue weighted by Crippen LogP contribution is 2.55. The van der Waals surface area contributed by atoms with Gasteiger partial charge in [0.25, 0.3) is 0 Å². The van der Waals surface area contributed by atoms with E-state index in [-0.39, 0.29) is 11.7 Å². The van der Waals surface area contributed by atoms with E-state index >= 15 is 0 Å². The maximum atomic E-state index is 6.20. The van der Waals surface area contributed by atoms with Gasteiger partial charge in [-0.15, -0.1) is 0 Å². The van der Waals surface area contributed by atoms with Gasteiger partial charge in [0.1, 0.15) is 0 Å². The van der Waals surface area contributed by atoms with Gasteiger partial charge in [0.15, 0.2) is 0 Å². The van der Waals surface area contributed by atoms with Crippen LogP contribution in [0.5, 0.6) is 0 Å². The average molecular weight is 349 g/mol. The van der Waals surface area contributed by atoms with Crippen LogP contribution in [0.2, 0.25) is 11.1 Å². The van der Waals surface area contributed by atoms with Crippen LogP contribution in [-0.2, 0) is 22.4 Å². The summed E-state index contributed by atoms with van der Waals surface area (Å²) >= 11 is 0. The normalized spacial score (nSPS) is 27.4. The molecule has 1 fully saturated rings. The largest absolute Gasteiger partial charge is 0.396 e. The van der Waals surface area contributed by atoms with Gasteiger partial charge in [0.05, 0.1) is 11.7 Å². The summed E-state index contributed by atoms with van der Waals surface area (Å²) in [5.41, 5.74) is 0.458. The first-order valence-corrected chi connectivity index (χ1v) is 11.1. The molecule has 0 amide bonds. The minimum atomic E-state index is -1.33. The molecule has 1 aliphatic rings. The Morgan fingerprint density at radius 1 is 0.955 bits per heavy atom. The molecule has 22 heavy (non-hydrogen) atoms. The Morgan fingerprint density at radius 3 is 1.91 bits per heavy atom. The molecular weight excluding hydrogens is 316 g/mol. The molecule has 0 aromatic carbocycles. The second-order valence-electron chi connectivity index (χ2n) is 5.61. The van der Waals surface area contributed by atoms with Crippen LogP contribution in [0.1, 0.15) is 47.5 Å². The van der Waals surface area contributed by atoms with E-state index in [1.54, 1.807) is 14.2 Å². The first-order chi connectivity index (χ1) is 10.5. The van der Waals surface area contributed by atoms with Crippen LogP contribution >= 0.6 is 0 Å². The third kappa shape index (κ3) is 4.40. The van der Waals surface area contributed by atoms with Crippen molar-refractivity contribution in [2.75, 3.05) is 27.4 Å². The maximum Gasteiger partial charge on any atom is 0.390 e. The molecule has 130 valence electrons. The van der Waals surface area contributed by atoms with Gasteiger partial charge in [0.2, 0.25) is 0 Å². The third-order valence-electron chi connectivity index (χ3n) is 4.36. The third-order valence-corrected chi connectivity index (χ3v) is 9.17. The van der Waals surface area contributed by atoms with Crippen molar-refractivity contribution in [2.24, 2.45) is 0 Å². The second kappa shape index (κ2) is 9.51. The second-order valence-corrected chi connectivity index (χ2v) is 9.72. The van der Waals surface area contributed by atoms with E-state index in [9.17, 15) is 0 Å². The first-order valence-electron chi connectivity index (χ1n) is 8.28. The SMILES string of the molecule is CCO[Si](OC)C(CC)C1OC1(C)C(CC)[Si](OC)OCC. The molecule has 2 radical (unpaired) electrons. The first kappa shape index (κ1) is 20.3. The van der Waals surface area contributed by atoms with Gasteiger partial charge in [-0.25, -0.2) is 0 Å². The average Bonchev–Trinajstić information content (AvgIpc) is 3.19. The van der Waals surface area contributed by atoms with E-state index < -0.39 is 18.6 Å². The molecule has 0 aromatic rings. The minimum absolute atomic E-state index is 0.179. The van der Waals surface area contributed by atoms with Gasteiger partial charge in [0, 0.05) is 38.5 Å². The fourth-order valence-corrected chi connectivity index (χ4v) is 7.04. The summed E-state index contributed by atoms with van der Waals surface area (Å²) in [7, 11) is 0.846. The number of hydrogen-bond donors (Lipinski definition) is 0. The summed E-state index contributed by atoms with van der Waals surface area (Å²) < 4.78 is 29.2. The van der Waals surface area contributed by atoms with E-state index in [1.807, 2.05) is 13.8 Å². The standard InChI is InChI=1S/C15H32O5Si2/c1-8-12(21(16-6)18-10-3)14-15(5,20-14)13(9-2)22(17-7)19-11-4/h12-14H,8-11H2,1-7H3. The Hall–Kier alpha value is 0.234. The summed E-state index contributed by atoms with van der Waals surface area (Å²) in [6, 6.07) is 0. The molecule has 1 saturated heterocycles. The lowest BCUT2D eigenvalue weighted by atomic mass is 9.98. The zero-order chi connectivity index (χ0) is 16.8. The van der Waals surface area contributed by atoms with E-state index in [0.29, 0.717) is 24.3 Å². The van der Waals surface area contributed by atoms with E-state index in [4.69, 9.17) is 22.4 Å². The molecule has 4 unspecified atom stereocenters. The van der Waals surface area contributed by atoms with Crippen LogP contribution in [0, 0.1) is 0 Å². The zero-order valence-electron chi connectivity index (χ0n) is 15.1. The van der Waals surface area contributed by atoms with Gasteiger partial charge in [-0.05, 0) is 33.6 Å². The van der Waals surface area contributed by atoms with Crippen molar-refractivity contribution in [3.63, 3.8) is 0 Å². The quantitative estimate of drug-likeness (QED) is 0.401. The fraction of sp³-hybridized carbons (Fsp3) is 1.00. The number of ether oxygens (including phenoxy) is 1. The van der Waals surface area contributed by atoms with Crippen molar-refractivity contribution in [1.29, 1.82) is 0 Å². The Balaban J connectivity index is 2.82. The molecule has 5 nitrogen and oxygen atoms in total. The Labute approximate surface area is 139 Å². The summed E-state index contributed by atoms with van der Waals surface area (Å²) in [4.78, 5) is 0. The summed E-state index contributed by atoms with van der Waals surface area (Å²) in [6.07, 6.45) is 2.18. The van der Waals surface area contributed by atoms with Crippen LogP contribution in [-0.4, -0.2) is 57.7 Å². The van der Waals surface area contributed by atoms with Crippen molar-refractivity contribution in [3.05, 3.63) is 0 Å².